The van der Waals surface area contributed by atoms with Crippen LogP contribution in [0.2, 0.25) is 0 Å². The van der Waals surface area contributed by atoms with Crippen LogP contribution in [-0.2, 0) is 24.9 Å². The smallest absolute Gasteiger partial charge is 0.133 e. The summed E-state index contributed by atoms with van der Waals surface area (Å²) in [5.74, 6) is 1.92. The average Bonchev–Trinajstić information content (AvgIpc) is 2.82. The van der Waals surface area contributed by atoms with Gasteiger partial charge in [0, 0.05) is 60.8 Å². The van der Waals surface area contributed by atoms with E-state index in [-0.39, 0.29) is 5.41 Å². The first kappa shape index (κ1) is 14.2. The zero-order valence-electron chi connectivity index (χ0n) is 13.3. The van der Waals surface area contributed by atoms with E-state index in [0.29, 0.717) is 0 Å². The molecule has 5 heteroatoms. The number of nitrogens with one attached hydrogen (secondary N) is 1. The van der Waals surface area contributed by atoms with E-state index in [1.165, 1.54) is 17.0 Å². The van der Waals surface area contributed by atoms with E-state index < -0.39 is 0 Å². The Balaban J connectivity index is 1.74. The molecular formula is C16H23N5. The van der Waals surface area contributed by atoms with Gasteiger partial charge in [-0.05, 0) is 6.92 Å². The second-order valence-corrected chi connectivity index (χ2v) is 6.87. The van der Waals surface area contributed by atoms with Crippen molar-refractivity contribution in [3.63, 3.8) is 0 Å². The molecule has 0 aromatic carbocycles. The quantitative estimate of drug-likeness (QED) is 0.920. The molecule has 0 amide bonds. The highest BCUT2D eigenvalue weighted by molar-refractivity contribution is 5.22. The van der Waals surface area contributed by atoms with E-state index in [2.05, 4.69) is 40.6 Å². The van der Waals surface area contributed by atoms with Gasteiger partial charge in [-0.15, -0.1) is 0 Å². The third-order valence-corrected chi connectivity index (χ3v) is 3.83. The Bertz CT molecular complexity index is 638. The van der Waals surface area contributed by atoms with Crippen molar-refractivity contribution in [1.29, 1.82) is 0 Å². The molecule has 1 N–H and O–H groups in total. The fourth-order valence-electron chi connectivity index (χ4n) is 2.66. The third kappa shape index (κ3) is 3.13. The van der Waals surface area contributed by atoms with Gasteiger partial charge in [-0.3, -0.25) is 4.90 Å². The summed E-state index contributed by atoms with van der Waals surface area (Å²) in [6.45, 7) is 11.3. The molecule has 0 spiro atoms. The Morgan fingerprint density at radius 1 is 1.24 bits per heavy atom. The Hall–Kier alpha value is -1.75. The first-order chi connectivity index (χ1) is 9.91. The minimum atomic E-state index is 0.0135. The van der Waals surface area contributed by atoms with Crippen LogP contribution < -0.4 is 0 Å². The highest BCUT2D eigenvalue weighted by atomic mass is 15.1. The summed E-state index contributed by atoms with van der Waals surface area (Å²) in [6.07, 6.45) is 4.92. The number of aromatic amines is 1. The molecule has 0 aliphatic carbocycles. The van der Waals surface area contributed by atoms with Gasteiger partial charge in [-0.1, -0.05) is 20.8 Å². The first-order valence-electron chi connectivity index (χ1n) is 7.50. The second kappa shape index (κ2) is 5.22. The summed E-state index contributed by atoms with van der Waals surface area (Å²) in [7, 11) is 0. The number of rotatable bonds is 2. The number of fused-ring (bicyclic) bond motifs is 1. The highest BCUT2D eigenvalue weighted by Crippen LogP contribution is 2.23. The molecule has 3 heterocycles. The van der Waals surface area contributed by atoms with Gasteiger partial charge in [-0.25, -0.2) is 15.0 Å². The van der Waals surface area contributed by atoms with Crippen LogP contribution in [0.1, 0.15) is 49.4 Å². The molecule has 5 nitrogen and oxygen atoms in total. The first-order valence-corrected chi connectivity index (χ1v) is 7.50. The van der Waals surface area contributed by atoms with Gasteiger partial charge in [0.1, 0.15) is 11.6 Å². The summed E-state index contributed by atoms with van der Waals surface area (Å²) >= 11 is 0. The molecule has 0 radical (unpaired) electrons. The van der Waals surface area contributed by atoms with Crippen LogP contribution in [0, 0.1) is 6.92 Å². The van der Waals surface area contributed by atoms with E-state index >= 15 is 0 Å². The zero-order valence-corrected chi connectivity index (χ0v) is 13.3. The maximum absolute atomic E-state index is 4.77. The fraction of sp³-hybridized carbons (Fsp3) is 0.562. The van der Waals surface area contributed by atoms with E-state index in [1.807, 2.05) is 19.3 Å². The van der Waals surface area contributed by atoms with Gasteiger partial charge >= 0.3 is 0 Å². The Labute approximate surface area is 125 Å². The van der Waals surface area contributed by atoms with Crippen LogP contribution in [0.4, 0.5) is 0 Å². The summed E-state index contributed by atoms with van der Waals surface area (Å²) in [5, 5.41) is 0. The SMILES string of the molecule is Cc1ncc(CN2CCc3nc(C(C)(C)C)ncc3C2)[nH]1. The topological polar surface area (TPSA) is 57.7 Å². The lowest BCUT2D eigenvalue weighted by Gasteiger charge is -2.28. The lowest BCUT2D eigenvalue weighted by atomic mass is 9.95. The largest absolute Gasteiger partial charge is 0.345 e. The van der Waals surface area contributed by atoms with E-state index in [9.17, 15) is 0 Å². The van der Waals surface area contributed by atoms with Crippen molar-refractivity contribution >= 4 is 0 Å². The molecule has 0 atom stereocenters. The van der Waals surface area contributed by atoms with Crippen LogP contribution in [-0.4, -0.2) is 31.4 Å². The predicted octanol–water partition coefficient (Wildman–Crippen LogP) is 2.36. The molecular weight excluding hydrogens is 262 g/mol. The molecule has 0 saturated carbocycles. The van der Waals surface area contributed by atoms with Crippen molar-refractivity contribution in [3.8, 4) is 0 Å². The van der Waals surface area contributed by atoms with Gasteiger partial charge in [0.2, 0.25) is 0 Å². The van der Waals surface area contributed by atoms with Crippen molar-refractivity contribution in [2.75, 3.05) is 6.54 Å². The van der Waals surface area contributed by atoms with Gasteiger partial charge in [0.15, 0.2) is 0 Å². The van der Waals surface area contributed by atoms with Gasteiger partial charge < -0.3 is 4.98 Å². The molecule has 0 bridgehead atoms. The molecule has 0 unspecified atom stereocenters. The van der Waals surface area contributed by atoms with Crippen molar-refractivity contribution in [1.82, 2.24) is 24.8 Å². The molecule has 2 aromatic heterocycles. The summed E-state index contributed by atoms with van der Waals surface area (Å²) in [5.41, 5.74) is 3.65. The molecule has 1 aliphatic rings. The van der Waals surface area contributed by atoms with Crippen LogP contribution in [0.5, 0.6) is 0 Å². The minimum Gasteiger partial charge on any atom is -0.345 e. The Kier molecular flexibility index (Phi) is 3.53. The van der Waals surface area contributed by atoms with Gasteiger partial charge in [-0.2, -0.15) is 0 Å². The normalized spacial score (nSPS) is 16.0. The van der Waals surface area contributed by atoms with E-state index in [4.69, 9.17) is 4.98 Å². The third-order valence-electron chi connectivity index (χ3n) is 3.83. The molecule has 21 heavy (non-hydrogen) atoms. The Morgan fingerprint density at radius 3 is 2.71 bits per heavy atom. The van der Waals surface area contributed by atoms with E-state index in [0.717, 1.165) is 37.7 Å². The van der Waals surface area contributed by atoms with Gasteiger partial charge in [0.05, 0.1) is 0 Å². The lowest BCUT2D eigenvalue weighted by Crippen LogP contribution is -2.32. The number of hydrogen-bond acceptors (Lipinski definition) is 4. The van der Waals surface area contributed by atoms with Crippen LogP contribution in [0.3, 0.4) is 0 Å². The zero-order chi connectivity index (χ0) is 15.0. The van der Waals surface area contributed by atoms with Crippen LogP contribution in [0.25, 0.3) is 0 Å². The van der Waals surface area contributed by atoms with Crippen molar-refractivity contribution in [3.05, 3.63) is 41.0 Å². The monoisotopic (exact) mass is 285 g/mol. The molecule has 3 rings (SSSR count). The number of aromatic nitrogens is 4. The number of H-pyrrole nitrogens is 1. The summed E-state index contributed by atoms with van der Waals surface area (Å²) in [6, 6.07) is 0. The average molecular weight is 285 g/mol. The number of aryl methyl sites for hydroxylation is 1. The second-order valence-electron chi connectivity index (χ2n) is 6.87. The molecule has 1 aliphatic heterocycles. The maximum atomic E-state index is 4.77. The lowest BCUT2D eigenvalue weighted by molar-refractivity contribution is 0.239. The number of imidazole rings is 1. The van der Waals surface area contributed by atoms with Crippen molar-refractivity contribution < 1.29 is 0 Å². The number of hydrogen-bond donors (Lipinski definition) is 1. The summed E-state index contributed by atoms with van der Waals surface area (Å²) < 4.78 is 0. The van der Waals surface area contributed by atoms with Crippen molar-refractivity contribution in [2.24, 2.45) is 0 Å². The summed E-state index contributed by atoms with van der Waals surface area (Å²) in [4.78, 5) is 19.3. The predicted molar refractivity (Wildman–Crippen MR) is 81.9 cm³/mol. The standard InChI is InChI=1S/C16H23N5/c1-11-17-8-13(19-11)10-21-6-5-14-12(9-21)7-18-15(20-14)16(2,3)4/h7-8H,5-6,9-10H2,1-4H3,(H,17,19). The van der Waals surface area contributed by atoms with Crippen molar-refractivity contribution in [2.45, 2.75) is 52.6 Å². The molecule has 0 saturated heterocycles. The van der Waals surface area contributed by atoms with Crippen LogP contribution >= 0.6 is 0 Å². The number of nitrogens with zero attached hydrogens (tertiary/aromatic N) is 4. The fourth-order valence-corrected chi connectivity index (χ4v) is 2.66. The van der Waals surface area contributed by atoms with Crippen LogP contribution in [0.15, 0.2) is 12.4 Å². The molecule has 0 fully saturated rings. The highest BCUT2D eigenvalue weighted by Gasteiger charge is 2.23. The molecule has 112 valence electrons. The Morgan fingerprint density at radius 2 is 2.05 bits per heavy atom. The van der Waals surface area contributed by atoms with E-state index in [1.54, 1.807) is 0 Å². The van der Waals surface area contributed by atoms with Gasteiger partial charge in [0.25, 0.3) is 0 Å². The molecule has 2 aromatic rings. The minimum absolute atomic E-state index is 0.0135. The maximum Gasteiger partial charge on any atom is 0.133 e.